The van der Waals surface area contributed by atoms with E-state index in [4.69, 9.17) is 0 Å². The molecule has 0 N–H and O–H groups in total. The Kier molecular flexibility index (Phi) is 7.56. The molecule has 7 aromatic carbocycles. The Balaban J connectivity index is 1.34. The highest BCUT2D eigenvalue weighted by Crippen LogP contribution is 2.52. The minimum Gasteiger partial charge on any atom is -0.377 e. The molecule has 0 saturated carbocycles. The van der Waals surface area contributed by atoms with E-state index in [9.17, 15) is 0 Å². The fraction of sp³-hybridized carbons (Fsp3) is 0.286. The van der Waals surface area contributed by atoms with Gasteiger partial charge in [0, 0.05) is 39.3 Å². The molecular weight excluding hydrogens is 722 g/mol. The van der Waals surface area contributed by atoms with Crippen LogP contribution in [0.2, 0.25) is 0 Å². The van der Waals surface area contributed by atoms with Gasteiger partial charge in [0.2, 0.25) is 0 Å². The molecule has 4 aliphatic heterocycles. The van der Waals surface area contributed by atoms with Crippen LogP contribution in [-0.2, 0) is 21.7 Å². The molecule has 296 valence electrons. The standard InChI is InChI=1S/C56H56B2N2/c1-53(2,3)34-20-23-39-41-25-27-49-50-52(41)60-51-42(40-24-21-35(54(4,5)6)30-44(40)58(60)43(39)29-34)28-37(56(10,11)12)32-46(51)57(50)45-31-36(55(7,8)9)22-26-48(45)59(49)47-19-15-17-33-16-13-14-18-38(33)47/h13-32H,1-12H3. The quantitative estimate of drug-likeness (QED) is 0.153. The van der Waals surface area contributed by atoms with Crippen molar-refractivity contribution in [2.24, 2.45) is 0 Å². The third kappa shape index (κ3) is 5.22. The Bertz CT molecular complexity index is 2990. The minimum atomic E-state index is -0.0469. The van der Waals surface area contributed by atoms with E-state index in [0.29, 0.717) is 0 Å². The molecule has 0 amide bonds. The van der Waals surface area contributed by atoms with Crippen LogP contribution in [0.1, 0.15) is 105 Å². The normalized spacial score (nSPS) is 14.9. The van der Waals surface area contributed by atoms with Crippen LogP contribution in [0.25, 0.3) is 33.0 Å². The second-order valence-electron chi connectivity index (χ2n) is 22.3. The summed E-state index contributed by atoms with van der Waals surface area (Å²) in [4.78, 5) is 5.43. The second-order valence-corrected chi connectivity index (χ2v) is 22.3. The summed E-state index contributed by atoms with van der Waals surface area (Å²) >= 11 is 0. The van der Waals surface area contributed by atoms with Crippen LogP contribution in [0.5, 0.6) is 0 Å². The van der Waals surface area contributed by atoms with Gasteiger partial charge in [0.25, 0.3) is 6.71 Å². The van der Waals surface area contributed by atoms with Crippen molar-refractivity contribution in [1.82, 2.24) is 0 Å². The van der Waals surface area contributed by atoms with Gasteiger partial charge < -0.3 is 9.71 Å². The van der Waals surface area contributed by atoms with Crippen LogP contribution < -0.4 is 37.0 Å². The Morgan fingerprint density at radius 1 is 0.383 bits per heavy atom. The van der Waals surface area contributed by atoms with E-state index >= 15 is 0 Å². The average Bonchev–Trinajstić information content (AvgIpc) is 3.19. The predicted molar refractivity (Wildman–Crippen MR) is 263 cm³/mol. The molecule has 4 heterocycles. The largest absolute Gasteiger partial charge is 0.377 e. The van der Waals surface area contributed by atoms with Crippen molar-refractivity contribution in [3.8, 4) is 22.3 Å². The number of hydrogen-bond donors (Lipinski definition) is 0. The van der Waals surface area contributed by atoms with Gasteiger partial charge in [-0.15, -0.1) is 0 Å². The fourth-order valence-electron chi connectivity index (χ4n) is 10.9. The first-order valence-corrected chi connectivity index (χ1v) is 22.2. The van der Waals surface area contributed by atoms with Gasteiger partial charge in [-0.25, -0.2) is 0 Å². The predicted octanol–water partition coefficient (Wildman–Crippen LogP) is 11.5. The molecule has 4 aliphatic rings. The molecular formula is C56H56B2N2. The van der Waals surface area contributed by atoms with Crippen LogP contribution in [0.15, 0.2) is 121 Å². The Labute approximate surface area is 358 Å². The molecule has 0 radical (unpaired) electrons. The first kappa shape index (κ1) is 37.5. The topological polar surface area (TPSA) is 6.48 Å². The van der Waals surface area contributed by atoms with Crippen molar-refractivity contribution in [3.63, 3.8) is 0 Å². The summed E-state index contributed by atoms with van der Waals surface area (Å²) in [7, 11) is 0. The summed E-state index contributed by atoms with van der Waals surface area (Å²) in [6, 6.07) is 48.1. The van der Waals surface area contributed by atoms with Gasteiger partial charge in [-0.2, -0.15) is 0 Å². The highest BCUT2D eigenvalue weighted by atomic mass is 15.2. The first-order chi connectivity index (χ1) is 28.3. The maximum Gasteiger partial charge on any atom is 0.329 e. The smallest absolute Gasteiger partial charge is 0.329 e. The molecule has 0 aromatic heterocycles. The molecule has 0 saturated heterocycles. The lowest BCUT2D eigenvalue weighted by Crippen LogP contribution is -2.69. The van der Waals surface area contributed by atoms with Crippen molar-refractivity contribution < 1.29 is 0 Å². The van der Waals surface area contributed by atoms with E-state index in [2.05, 4.69) is 214 Å². The van der Waals surface area contributed by atoms with E-state index in [1.165, 1.54) is 111 Å². The third-order valence-electron chi connectivity index (χ3n) is 14.2. The summed E-state index contributed by atoms with van der Waals surface area (Å²) < 4.78 is 0. The molecule has 11 rings (SSSR count). The van der Waals surface area contributed by atoms with E-state index in [1.54, 1.807) is 0 Å². The zero-order chi connectivity index (χ0) is 42.0. The highest BCUT2D eigenvalue weighted by molar-refractivity contribution is 7.03. The van der Waals surface area contributed by atoms with Crippen molar-refractivity contribution in [3.05, 3.63) is 144 Å². The zero-order valence-electron chi connectivity index (χ0n) is 37.6. The molecule has 0 atom stereocenters. The summed E-state index contributed by atoms with van der Waals surface area (Å²) in [5, 5.41) is 2.52. The summed E-state index contributed by atoms with van der Waals surface area (Å²) in [5.41, 5.74) is 24.5. The number of anilines is 5. The third-order valence-corrected chi connectivity index (χ3v) is 14.2. The van der Waals surface area contributed by atoms with E-state index in [1.807, 2.05) is 0 Å². The summed E-state index contributed by atoms with van der Waals surface area (Å²) in [6.07, 6.45) is 0. The van der Waals surface area contributed by atoms with Crippen molar-refractivity contribution in [1.29, 1.82) is 0 Å². The van der Waals surface area contributed by atoms with Crippen LogP contribution in [-0.4, -0.2) is 13.6 Å². The van der Waals surface area contributed by atoms with Crippen LogP contribution in [0.3, 0.4) is 0 Å². The number of fused-ring (bicyclic) bond motifs is 10. The molecule has 0 aliphatic carbocycles. The molecule has 60 heavy (non-hydrogen) atoms. The SMILES string of the molecule is CC(C)(C)c1ccc2c(c1)B1c3cc(C(C)(C)C)ccc3-c3ccc4c5c3N1c1c(cc(C(C)(C)C)cc1-2)B5c1cc(C(C)(C)C)ccc1N4c1cccc2ccccc12. The lowest BCUT2D eigenvalue weighted by molar-refractivity contribution is 0.590. The fourth-order valence-corrected chi connectivity index (χ4v) is 10.9. The number of rotatable bonds is 1. The number of hydrogen-bond acceptors (Lipinski definition) is 2. The zero-order valence-corrected chi connectivity index (χ0v) is 37.6. The average molecular weight is 779 g/mol. The van der Waals surface area contributed by atoms with E-state index < -0.39 is 0 Å². The highest BCUT2D eigenvalue weighted by Gasteiger charge is 2.52. The van der Waals surface area contributed by atoms with E-state index in [-0.39, 0.29) is 35.2 Å². The van der Waals surface area contributed by atoms with Crippen molar-refractivity contribution in [2.45, 2.75) is 105 Å². The van der Waals surface area contributed by atoms with Gasteiger partial charge in [0.05, 0.1) is 5.69 Å². The molecule has 7 aromatic rings. The van der Waals surface area contributed by atoms with E-state index in [0.717, 1.165) is 0 Å². The molecule has 2 nitrogen and oxygen atoms in total. The maximum absolute atomic E-state index is 2.82. The Morgan fingerprint density at radius 3 is 1.53 bits per heavy atom. The van der Waals surface area contributed by atoms with Gasteiger partial charge in [0.1, 0.15) is 0 Å². The van der Waals surface area contributed by atoms with Gasteiger partial charge >= 0.3 is 6.85 Å². The van der Waals surface area contributed by atoms with Crippen LogP contribution >= 0.6 is 0 Å². The first-order valence-electron chi connectivity index (χ1n) is 22.2. The summed E-state index contributed by atoms with van der Waals surface area (Å²) in [6.45, 7) is 28.4. The number of benzene rings is 7. The monoisotopic (exact) mass is 778 g/mol. The Hall–Kier alpha value is -5.47. The number of nitrogens with zero attached hydrogens (tertiary/aromatic N) is 2. The van der Waals surface area contributed by atoms with Crippen LogP contribution in [0, 0.1) is 0 Å². The van der Waals surface area contributed by atoms with Gasteiger partial charge in [-0.05, 0) is 112 Å². The lowest BCUT2D eigenvalue weighted by atomic mass is 9.30. The molecule has 0 spiro atoms. The van der Waals surface area contributed by atoms with Crippen molar-refractivity contribution >= 4 is 80.1 Å². The molecule has 0 fully saturated rings. The molecule has 4 heteroatoms. The van der Waals surface area contributed by atoms with Gasteiger partial charge in [-0.1, -0.05) is 180 Å². The van der Waals surface area contributed by atoms with Gasteiger partial charge in [0.15, 0.2) is 0 Å². The van der Waals surface area contributed by atoms with Gasteiger partial charge in [-0.3, -0.25) is 0 Å². The summed E-state index contributed by atoms with van der Waals surface area (Å²) in [5.74, 6) is 0. The van der Waals surface area contributed by atoms with Crippen LogP contribution in [0.4, 0.5) is 28.4 Å². The Morgan fingerprint density at radius 2 is 0.900 bits per heavy atom. The lowest BCUT2D eigenvalue weighted by Gasteiger charge is -2.52. The van der Waals surface area contributed by atoms with Crippen molar-refractivity contribution in [2.75, 3.05) is 9.71 Å². The second kappa shape index (κ2) is 12.1. The molecule has 0 unspecified atom stereocenters. The molecule has 0 bridgehead atoms. The minimum absolute atomic E-state index is 0.00990. The maximum atomic E-state index is 2.82.